The van der Waals surface area contributed by atoms with Gasteiger partial charge in [-0.3, -0.25) is 9.48 Å². The van der Waals surface area contributed by atoms with Crippen LogP contribution in [0.2, 0.25) is 0 Å². The summed E-state index contributed by atoms with van der Waals surface area (Å²) in [6, 6.07) is 12.5. The molecule has 0 aliphatic carbocycles. The summed E-state index contributed by atoms with van der Waals surface area (Å²) < 4.78 is 22.9. The summed E-state index contributed by atoms with van der Waals surface area (Å²) in [7, 11) is 2.02. The van der Waals surface area contributed by atoms with Gasteiger partial charge in [-0.1, -0.05) is 34.1 Å². The molecular weight excluding hydrogens is 475 g/mol. The monoisotopic (exact) mass is 498 g/mol. The van der Waals surface area contributed by atoms with E-state index in [4.69, 9.17) is 4.74 Å². The minimum Gasteiger partial charge on any atom is -0.489 e. The third kappa shape index (κ3) is 3.66. The van der Waals surface area contributed by atoms with Gasteiger partial charge in [-0.15, -0.1) is 0 Å². The Morgan fingerprint density at radius 3 is 2.88 bits per heavy atom. The number of carbonyl (C=O) groups excluding carboxylic acids is 1. The number of fused-ring (bicyclic) bond motifs is 2. The fourth-order valence-corrected chi connectivity index (χ4v) is 4.92. The summed E-state index contributed by atoms with van der Waals surface area (Å²) in [6.45, 7) is 3.96. The van der Waals surface area contributed by atoms with Crippen LogP contribution in [0.1, 0.15) is 27.3 Å². The van der Waals surface area contributed by atoms with Crippen molar-refractivity contribution in [2.75, 3.05) is 31.6 Å². The second kappa shape index (κ2) is 8.24. The maximum atomic E-state index is 14.1. The number of rotatable bonds is 3. The third-order valence-corrected chi connectivity index (χ3v) is 6.86. The van der Waals surface area contributed by atoms with E-state index in [1.165, 1.54) is 6.07 Å². The molecule has 0 fully saturated rings. The van der Waals surface area contributed by atoms with Crippen LogP contribution in [0.25, 0.3) is 0 Å². The molecule has 0 bridgehead atoms. The highest BCUT2D eigenvalue weighted by molar-refractivity contribution is 9.10. The predicted molar refractivity (Wildman–Crippen MR) is 124 cm³/mol. The van der Waals surface area contributed by atoms with Crippen LogP contribution in [0, 0.1) is 12.7 Å². The summed E-state index contributed by atoms with van der Waals surface area (Å²) in [5.74, 6) is 0.452. The van der Waals surface area contributed by atoms with Crippen molar-refractivity contribution in [1.82, 2.24) is 14.7 Å². The number of anilines is 1. The second-order valence-corrected chi connectivity index (χ2v) is 9.28. The second-order valence-electron chi connectivity index (χ2n) is 8.37. The van der Waals surface area contributed by atoms with Gasteiger partial charge in [0.1, 0.15) is 18.2 Å². The Balaban J connectivity index is 1.39. The maximum Gasteiger partial charge on any atom is 0.275 e. The SMILES string of the molecule is Cc1c2c(nn1Cc1ccccc1F)C(=O)N([C@@H]1COc3cc(Br)ccc3N(C)C1)CC2. The number of hydrogen-bond acceptors (Lipinski definition) is 4. The number of ether oxygens (including phenoxy) is 1. The molecule has 8 heteroatoms. The molecular formula is C24H24BrFN4O2. The first-order valence-electron chi connectivity index (χ1n) is 10.7. The Morgan fingerprint density at radius 1 is 1.25 bits per heavy atom. The maximum absolute atomic E-state index is 14.1. The molecule has 1 aromatic heterocycles. The summed E-state index contributed by atoms with van der Waals surface area (Å²) in [5.41, 5.74) is 3.91. The summed E-state index contributed by atoms with van der Waals surface area (Å²) >= 11 is 3.50. The molecule has 5 rings (SSSR count). The lowest BCUT2D eigenvalue weighted by Crippen LogP contribution is -2.51. The van der Waals surface area contributed by atoms with E-state index in [1.54, 1.807) is 16.8 Å². The topological polar surface area (TPSA) is 50.6 Å². The average Bonchev–Trinajstić information content (AvgIpc) is 2.99. The molecule has 3 heterocycles. The average molecular weight is 499 g/mol. The van der Waals surface area contributed by atoms with E-state index < -0.39 is 0 Å². The Hall–Kier alpha value is -2.87. The Kier molecular flexibility index (Phi) is 5.41. The lowest BCUT2D eigenvalue weighted by Gasteiger charge is -2.34. The van der Waals surface area contributed by atoms with Crippen LogP contribution >= 0.6 is 15.9 Å². The molecule has 0 saturated carbocycles. The normalized spacial score (nSPS) is 18.1. The molecule has 2 aliphatic heterocycles. The Morgan fingerprint density at radius 2 is 2.06 bits per heavy atom. The van der Waals surface area contributed by atoms with Crippen LogP contribution in [-0.2, 0) is 13.0 Å². The fraction of sp³-hybridized carbons (Fsp3) is 0.333. The van der Waals surface area contributed by atoms with Gasteiger partial charge in [0.05, 0.1) is 18.3 Å². The van der Waals surface area contributed by atoms with E-state index in [-0.39, 0.29) is 17.8 Å². The van der Waals surface area contributed by atoms with Crippen LogP contribution in [0.4, 0.5) is 10.1 Å². The summed E-state index contributed by atoms with van der Waals surface area (Å²) in [4.78, 5) is 17.4. The number of halogens is 2. The minimum absolute atomic E-state index is 0.0872. The van der Waals surface area contributed by atoms with E-state index in [9.17, 15) is 9.18 Å². The first-order chi connectivity index (χ1) is 15.4. The number of hydrogen-bond donors (Lipinski definition) is 0. The van der Waals surface area contributed by atoms with E-state index >= 15 is 0 Å². The number of carbonyl (C=O) groups is 1. The molecule has 6 nitrogen and oxygen atoms in total. The van der Waals surface area contributed by atoms with Gasteiger partial charge in [0.2, 0.25) is 0 Å². The highest BCUT2D eigenvalue weighted by Gasteiger charge is 2.36. The smallest absolute Gasteiger partial charge is 0.275 e. The molecule has 3 aromatic rings. The highest BCUT2D eigenvalue weighted by atomic mass is 79.9. The molecule has 0 radical (unpaired) electrons. The first kappa shape index (κ1) is 21.0. The van der Waals surface area contributed by atoms with Crippen LogP contribution < -0.4 is 9.64 Å². The largest absolute Gasteiger partial charge is 0.489 e. The van der Waals surface area contributed by atoms with Gasteiger partial charge >= 0.3 is 0 Å². The molecule has 1 amide bonds. The van der Waals surface area contributed by atoms with E-state index in [0.29, 0.717) is 37.5 Å². The molecule has 0 spiro atoms. The fourth-order valence-electron chi connectivity index (χ4n) is 4.58. The zero-order valence-electron chi connectivity index (χ0n) is 18.0. The first-order valence-corrected chi connectivity index (χ1v) is 11.5. The molecule has 2 aliphatic rings. The number of amides is 1. The van der Waals surface area contributed by atoms with Crippen LogP contribution in [-0.4, -0.2) is 53.4 Å². The van der Waals surface area contributed by atoms with Gasteiger partial charge in [0.15, 0.2) is 5.69 Å². The highest BCUT2D eigenvalue weighted by Crippen LogP contribution is 2.34. The lowest BCUT2D eigenvalue weighted by atomic mass is 10.0. The molecule has 0 N–H and O–H groups in total. The van der Waals surface area contributed by atoms with Gasteiger partial charge in [-0.2, -0.15) is 5.10 Å². The number of nitrogens with zero attached hydrogens (tertiary/aromatic N) is 4. The van der Waals surface area contributed by atoms with Gasteiger partial charge < -0.3 is 14.5 Å². The van der Waals surface area contributed by atoms with Crippen molar-refractivity contribution >= 4 is 27.5 Å². The van der Waals surface area contributed by atoms with E-state index in [0.717, 1.165) is 33.6 Å². The Labute approximate surface area is 194 Å². The Bertz CT molecular complexity index is 1190. The van der Waals surface area contributed by atoms with Crippen molar-refractivity contribution in [3.63, 3.8) is 0 Å². The van der Waals surface area contributed by atoms with Crippen molar-refractivity contribution in [2.45, 2.75) is 25.9 Å². The molecule has 0 saturated heterocycles. The van der Waals surface area contributed by atoms with E-state index in [1.807, 2.05) is 43.1 Å². The number of aromatic nitrogens is 2. The molecule has 32 heavy (non-hydrogen) atoms. The predicted octanol–water partition coefficient (Wildman–Crippen LogP) is 4.04. The van der Waals surface area contributed by atoms with Gasteiger partial charge in [0.25, 0.3) is 5.91 Å². The lowest BCUT2D eigenvalue weighted by molar-refractivity contribution is 0.0604. The van der Waals surface area contributed by atoms with Crippen LogP contribution in [0.5, 0.6) is 5.75 Å². The zero-order valence-corrected chi connectivity index (χ0v) is 19.6. The van der Waals surface area contributed by atoms with E-state index in [2.05, 4.69) is 25.9 Å². The molecule has 2 aromatic carbocycles. The molecule has 0 unspecified atom stereocenters. The van der Waals surface area contributed by atoms with Crippen molar-refractivity contribution in [3.8, 4) is 5.75 Å². The standard InChI is InChI=1S/C24H24BrFN4O2/c1-15-19-9-10-29(18-13-28(2)21-8-7-17(25)11-22(21)32-14-18)24(31)23(19)27-30(15)12-16-5-3-4-6-20(16)26/h3-8,11,18H,9-10,12-14H2,1-2H3/t18-/m0/s1. The quantitative estimate of drug-likeness (QED) is 0.546. The number of likely N-dealkylation sites (N-methyl/N-ethyl adjacent to an activating group) is 1. The van der Waals surface area contributed by atoms with Crippen LogP contribution in [0.3, 0.4) is 0 Å². The van der Waals surface area contributed by atoms with Crippen molar-refractivity contribution < 1.29 is 13.9 Å². The summed E-state index contributed by atoms with van der Waals surface area (Å²) in [5, 5.41) is 4.60. The molecule has 166 valence electrons. The van der Waals surface area contributed by atoms with Crippen LogP contribution in [0.15, 0.2) is 46.9 Å². The minimum atomic E-state index is -0.266. The number of benzene rings is 2. The van der Waals surface area contributed by atoms with Crippen molar-refractivity contribution in [3.05, 3.63) is 75.3 Å². The zero-order chi connectivity index (χ0) is 22.4. The third-order valence-electron chi connectivity index (χ3n) is 6.36. The van der Waals surface area contributed by atoms with Crippen molar-refractivity contribution in [2.24, 2.45) is 0 Å². The van der Waals surface area contributed by atoms with Gasteiger partial charge in [-0.25, -0.2) is 4.39 Å². The summed E-state index contributed by atoms with van der Waals surface area (Å²) in [6.07, 6.45) is 0.725. The van der Waals surface area contributed by atoms with Gasteiger partial charge in [-0.05, 0) is 37.6 Å². The molecule has 1 atom stereocenters. The van der Waals surface area contributed by atoms with Gasteiger partial charge in [0, 0.05) is 41.4 Å². The van der Waals surface area contributed by atoms with Crippen molar-refractivity contribution in [1.29, 1.82) is 0 Å².